The van der Waals surface area contributed by atoms with E-state index in [0.29, 0.717) is 12.4 Å². The summed E-state index contributed by atoms with van der Waals surface area (Å²) in [6, 6.07) is 0. The summed E-state index contributed by atoms with van der Waals surface area (Å²) in [5, 5.41) is 3.04. The van der Waals surface area contributed by atoms with Gasteiger partial charge in [0.2, 0.25) is 0 Å². The van der Waals surface area contributed by atoms with Crippen molar-refractivity contribution in [2.45, 2.75) is 19.4 Å². The van der Waals surface area contributed by atoms with Gasteiger partial charge in [-0.2, -0.15) is 0 Å². The molecule has 1 aromatic rings. The van der Waals surface area contributed by atoms with Crippen molar-refractivity contribution in [1.82, 2.24) is 9.97 Å². The van der Waals surface area contributed by atoms with E-state index in [9.17, 15) is 4.79 Å². The first-order valence-electron chi connectivity index (χ1n) is 4.18. The highest BCUT2D eigenvalue weighted by molar-refractivity contribution is 6.32. The zero-order valence-corrected chi connectivity index (χ0v) is 8.85. The standard InChI is InChI=1S/C8H13ClN4O/c1-8(2,3-10)13-6-5(9)7(14)12-4-11-6/h4H,3,10H2,1-2H3,(H2,11,12,13,14). The number of hydrogen-bond acceptors (Lipinski definition) is 4. The largest absolute Gasteiger partial charge is 0.362 e. The van der Waals surface area contributed by atoms with Crippen LogP contribution in [0.15, 0.2) is 11.1 Å². The van der Waals surface area contributed by atoms with E-state index in [1.54, 1.807) is 0 Å². The van der Waals surface area contributed by atoms with Crippen LogP contribution in [0.5, 0.6) is 0 Å². The lowest BCUT2D eigenvalue weighted by Crippen LogP contribution is -2.39. The van der Waals surface area contributed by atoms with Crippen molar-refractivity contribution >= 4 is 17.4 Å². The van der Waals surface area contributed by atoms with Crippen molar-refractivity contribution in [2.24, 2.45) is 5.73 Å². The topological polar surface area (TPSA) is 83.8 Å². The Hall–Kier alpha value is -1.07. The molecule has 4 N–H and O–H groups in total. The minimum atomic E-state index is -0.364. The summed E-state index contributed by atoms with van der Waals surface area (Å²) in [6.45, 7) is 4.20. The number of nitrogens with zero attached hydrogens (tertiary/aromatic N) is 1. The Morgan fingerprint density at radius 2 is 2.36 bits per heavy atom. The summed E-state index contributed by atoms with van der Waals surface area (Å²) >= 11 is 5.75. The molecule has 0 aliphatic rings. The maximum Gasteiger partial charge on any atom is 0.271 e. The van der Waals surface area contributed by atoms with Crippen LogP contribution in [-0.4, -0.2) is 22.1 Å². The molecule has 0 bridgehead atoms. The predicted octanol–water partition coefficient (Wildman–Crippen LogP) is 0.573. The van der Waals surface area contributed by atoms with Gasteiger partial charge >= 0.3 is 0 Å². The highest BCUT2D eigenvalue weighted by atomic mass is 35.5. The molecule has 1 aromatic heterocycles. The van der Waals surface area contributed by atoms with E-state index >= 15 is 0 Å². The van der Waals surface area contributed by atoms with E-state index in [-0.39, 0.29) is 16.1 Å². The second-order valence-corrected chi connectivity index (χ2v) is 3.99. The van der Waals surface area contributed by atoms with Gasteiger partial charge in [0.25, 0.3) is 5.56 Å². The summed E-state index contributed by atoms with van der Waals surface area (Å²) in [4.78, 5) is 17.4. The van der Waals surface area contributed by atoms with Crippen LogP contribution < -0.4 is 16.6 Å². The van der Waals surface area contributed by atoms with Crippen molar-refractivity contribution in [3.05, 3.63) is 21.7 Å². The molecule has 0 unspecified atom stereocenters. The second-order valence-electron chi connectivity index (χ2n) is 3.61. The molecule has 0 amide bonds. The number of rotatable bonds is 3. The number of hydrogen-bond donors (Lipinski definition) is 3. The second kappa shape index (κ2) is 3.98. The molecule has 0 saturated heterocycles. The van der Waals surface area contributed by atoms with Crippen LogP contribution in [-0.2, 0) is 0 Å². The lowest BCUT2D eigenvalue weighted by Gasteiger charge is -2.24. The van der Waals surface area contributed by atoms with Crippen LogP contribution in [0.3, 0.4) is 0 Å². The quantitative estimate of drug-likeness (QED) is 0.690. The lowest BCUT2D eigenvalue weighted by molar-refractivity contribution is 0.577. The molecule has 0 radical (unpaired) electrons. The Balaban J connectivity index is 2.98. The van der Waals surface area contributed by atoms with E-state index < -0.39 is 0 Å². The van der Waals surface area contributed by atoms with Gasteiger partial charge in [-0.1, -0.05) is 11.6 Å². The van der Waals surface area contributed by atoms with Crippen LogP contribution >= 0.6 is 11.6 Å². The van der Waals surface area contributed by atoms with Gasteiger partial charge in [-0.15, -0.1) is 0 Å². The fourth-order valence-electron chi connectivity index (χ4n) is 0.842. The number of aromatic nitrogens is 2. The fraction of sp³-hybridized carbons (Fsp3) is 0.500. The van der Waals surface area contributed by atoms with Gasteiger partial charge in [-0.25, -0.2) is 4.98 Å². The Kier molecular flexibility index (Phi) is 3.13. The van der Waals surface area contributed by atoms with Crippen molar-refractivity contribution in [3.8, 4) is 0 Å². The molecule has 14 heavy (non-hydrogen) atoms. The molecule has 5 nitrogen and oxygen atoms in total. The minimum Gasteiger partial charge on any atom is -0.362 e. The van der Waals surface area contributed by atoms with Gasteiger partial charge in [0.1, 0.15) is 5.02 Å². The molecule has 0 aliphatic heterocycles. The van der Waals surface area contributed by atoms with Crippen LogP contribution in [0.1, 0.15) is 13.8 Å². The number of nitrogens with two attached hydrogens (primary N) is 1. The van der Waals surface area contributed by atoms with Crippen molar-refractivity contribution in [3.63, 3.8) is 0 Å². The lowest BCUT2D eigenvalue weighted by atomic mass is 10.1. The smallest absolute Gasteiger partial charge is 0.271 e. The Labute approximate surface area is 86.7 Å². The number of H-pyrrole nitrogens is 1. The van der Waals surface area contributed by atoms with Gasteiger partial charge < -0.3 is 16.0 Å². The molecule has 78 valence electrons. The van der Waals surface area contributed by atoms with Gasteiger partial charge in [0, 0.05) is 12.1 Å². The van der Waals surface area contributed by atoms with Gasteiger partial charge in [0.15, 0.2) is 5.82 Å². The molecule has 0 aliphatic carbocycles. The van der Waals surface area contributed by atoms with Crippen molar-refractivity contribution < 1.29 is 0 Å². The Morgan fingerprint density at radius 1 is 1.71 bits per heavy atom. The molecule has 0 spiro atoms. The third kappa shape index (κ3) is 2.46. The monoisotopic (exact) mass is 216 g/mol. The van der Waals surface area contributed by atoms with E-state index in [1.165, 1.54) is 6.33 Å². The Morgan fingerprint density at radius 3 is 2.93 bits per heavy atom. The predicted molar refractivity (Wildman–Crippen MR) is 56.6 cm³/mol. The molecule has 1 rings (SSSR count). The molecule has 0 aromatic carbocycles. The van der Waals surface area contributed by atoms with Crippen molar-refractivity contribution in [1.29, 1.82) is 0 Å². The highest BCUT2D eigenvalue weighted by Gasteiger charge is 2.17. The zero-order valence-electron chi connectivity index (χ0n) is 8.10. The average molecular weight is 217 g/mol. The fourth-order valence-corrected chi connectivity index (χ4v) is 0.992. The minimum absolute atomic E-state index is 0.0500. The van der Waals surface area contributed by atoms with Crippen LogP contribution in [0, 0.1) is 0 Å². The molecule has 0 fully saturated rings. The average Bonchev–Trinajstić information content (AvgIpc) is 2.13. The maximum absolute atomic E-state index is 11.1. The van der Waals surface area contributed by atoms with E-state index in [1.807, 2.05) is 13.8 Å². The molecule has 0 saturated carbocycles. The summed E-state index contributed by atoms with van der Waals surface area (Å²) in [6.07, 6.45) is 1.29. The first-order valence-corrected chi connectivity index (χ1v) is 4.55. The molecular formula is C8H13ClN4O. The molecule has 6 heteroatoms. The number of aromatic amines is 1. The number of nitrogens with one attached hydrogen (secondary N) is 2. The Bertz CT molecular complexity index is 374. The highest BCUT2D eigenvalue weighted by Crippen LogP contribution is 2.16. The van der Waals surface area contributed by atoms with Crippen LogP contribution in [0.2, 0.25) is 5.02 Å². The van der Waals surface area contributed by atoms with E-state index in [2.05, 4.69) is 15.3 Å². The normalized spacial score (nSPS) is 11.4. The molecule has 0 atom stereocenters. The maximum atomic E-state index is 11.1. The van der Waals surface area contributed by atoms with Crippen LogP contribution in [0.4, 0.5) is 5.82 Å². The first-order chi connectivity index (χ1) is 6.46. The summed E-state index contributed by atoms with van der Waals surface area (Å²) in [5.41, 5.74) is 4.82. The molecular weight excluding hydrogens is 204 g/mol. The number of anilines is 1. The summed E-state index contributed by atoms with van der Waals surface area (Å²) < 4.78 is 0. The van der Waals surface area contributed by atoms with E-state index in [4.69, 9.17) is 17.3 Å². The zero-order chi connectivity index (χ0) is 10.8. The number of halogens is 1. The molecule has 1 heterocycles. The van der Waals surface area contributed by atoms with Gasteiger partial charge in [0.05, 0.1) is 6.33 Å². The van der Waals surface area contributed by atoms with Gasteiger partial charge in [-0.05, 0) is 13.8 Å². The third-order valence-electron chi connectivity index (χ3n) is 1.76. The van der Waals surface area contributed by atoms with Crippen LogP contribution in [0.25, 0.3) is 0 Å². The van der Waals surface area contributed by atoms with Gasteiger partial charge in [-0.3, -0.25) is 4.79 Å². The summed E-state index contributed by atoms with van der Waals surface area (Å²) in [7, 11) is 0. The van der Waals surface area contributed by atoms with Crippen molar-refractivity contribution in [2.75, 3.05) is 11.9 Å². The third-order valence-corrected chi connectivity index (χ3v) is 2.11. The van der Waals surface area contributed by atoms with E-state index in [0.717, 1.165) is 0 Å². The summed E-state index contributed by atoms with van der Waals surface area (Å²) in [5.74, 6) is 0.353. The first kappa shape index (κ1) is 11.0. The SMILES string of the molecule is CC(C)(CN)Nc1nc[nH]c(=O)c1Cl.